The van der Waals surface area contributed by atoms with E-state index in [9.17, 15) is 0 Å². The normalized spacial score (nSPS) is 21.0. The molecule has 0 fully saturated rings. The second-order valence-corrected chi connectivity index (χ2v) is 3.34. The largest absolute Gasteiger partial charge is 0.370 e. The summed E-state index contributed by atoms with van der Waals surface area (Å²) in [4.78, 5) is 4.22. The lowest BCUT2D eigenvalue weighted by Crippen LogP contribution is -2.26. The summed E-state index contributed by atoms with van der Waals surface area (Å²) in [6.45, 7) is 0.732. The van der Waals surface area contributed by atoms with Gasteiger partial charge in [0.25, 0.3) is 0 Å². The van der Waals surface area contributed by atoms with Crippen molar-refractivity contribution in [3.05, 3.63) is 34.9 Å². The first-order chi connectivity index (χ1) is 6.27. The average molecular weight is 196 g/mol. The van der Waals surface area contributed by atoms with Crippen LogP contribution in [0.2, 0.25) is 5.02 Å². The maximum absolute atomic E-state index is 6.01. The summed E-state index contributed by atoms with van der Waals surface area (Å²) in [6.07, 6.45) is 0. The van der Waals surface area contributed by atoms with Crippen molar-refractivity contribution in [1.29, 1.82) is 0 Å². The SMILES string of the molecule is NC1=N[C@H](c2ccccc2Cl)CN1. The third-order valence-corrected chi connectivity index (χ3v) is 2.38. The molecule has 0 aromatic heterocycles. The van der Waals surface area contributed by atoms with E-state index in [1.165, 1.54) is 0 Å². The third kappa shape index (κ3) is 1.60. The van der Waals surface area contributed by atoms with Crippen LogP contribution in [0.4, 0.5) is 0 Å². The second-order valence-electron chi connectivity index (χ2n) is 2.93. The molecule has 1 heterocycles. The molecule has 0 saturated carbocycles. The highest BCUT2D eigenvalue weighted by molar-refractivity contribution is 6.31. The molecule has 68 valence electrons. The van der Waals surface area contributed by atoms with Crippen LogP contribution >= 0.6 is 11.6 Å². The van der Waals surface area contributed by atoms with Crippen LogP contribution in [0.15, 0.2) is 29.3 Å². The highest BCUT2D eigenvalue weighted by Crippen LogP contribution is 2.26. The maximum Gasteiger partial charge on any atom is 0.189 e. The zero-order valence-corrected chi connectivity index (χ0v) is 7.75. The van der Waals surface area contributed by atoms with Crippen LogP contribution < -0.4 is 11.1 Å². The lowest BCUT2D eigenvalue weighted by Gasteiger charge is -2.07. The summed E-state index contributed by atoms with van der Waals surface area (Å²) < 4.78 is 0. The fraction of sp³-hybridized carbons (Fsp3) is 0.222. The molecule has 13 heavy (non-hydrogen) atoms. The first-order valence-corrected chi connectivity index (χ1v) is 4.47. The monoisotopic (exact) mass is 195 g/mol. The molecule has 0 amide bonds. The Morgan fingerprint density at radius 1 is 1.46 bits per heavy atom. The zero-order chi connectivity index (χ0) is 9.26. The molecule has 1 aliphatic heterocycles. The predicted octanol–water partition coefficient (Wildman–Crippen LogP) is 1.30. The van der Waals surface area contributed by atoms with Crippen molar-refractivity contribution in [3.8, 4) is 0 Å². The predicted molar refractivity (Wildman–Crippen MR) is 53.8 cm³/mol. The Hall–Kier alpha value is -1.22. The highest BCUT2D eigenvalue weighted by Gasteiger charge is 2.18. The standard InChI is InChI=1S/C9H10ClN3/c10-7-4-2-1-3-6(7)8-5-12-9(11)13-8/h1-4,8H,5H2,(H3,11,12,13)/t8-/m0/s1. The van der Waals surface area contributed by atoms with Gasteiger partial charge < -0.3 is 11.1 Å². The van der Waals surface area contributed by atoms with E-state index in [-0.39, 0.29) is 6.04 Å². The van der Waals surface area contributed by atoms with Crippen molar-refractivity contribution in [2.24, 2.45) is 10.7 Å². The van der Waals surface area contributed by atoms with E-state index in [2.05, 4.69) is 10.3 Å². The lowest BCUT2D eigenvalue weighted by atomic mass is 10.1. The molecular weight excluding hydrogens is 186 g/mol. The lowest BCUT2D eigenvalue weighted by molar-refractivity contribution is 0.751. The Balaban J connectivity index is 2.31. The smallest absolute Gasteiger partial charge is 0.189 e. The molecule has 1 aromatic rings. The highest BCUT2D eigenvalue weighted by atomic mass is 35.5. The van der Waals surface area contributed by atoms with E-state index < -0.39 is 0 Å². The van der Waals surface area contributed by atoms with Gasteiger partial charge in [-0.3, -0.25) is 0 Å². The molecule has 0 saturated heterocycles. The third-order valence-electron chi connectivity index (χ3n) is 2.04. The van der Waals surface area contributed by atoms with Gasteiger partial charge in [-0.05, 0) is 11.6 Å². The van der Waals surface area contributed by atoms with E-state index in [1.807, 2.05) is 24.3 Å². The zero-order valence-electron chi connectivity index (χ0n) is 7.00. The van der Waals surface area contributed by atoms with E-state index in [0.717, 1.165) is 17.1 Å². The number of hydrogen-bond donors (Lipinski definition) is 2. The number of benzene rings is 1. The van der Waals surface area contributed by atoms with Gasteiger partial charge in [0.05, 0.1) is 6.04 Å². The van der Waals surface area contributed by atoms with Crippen LogP contribution in [-0.4, -0.2) is 12.5 Å². The molecule has 1 aromatic carbocycles. The van der Waals surface area contributed by atoms with Crippen molar-refractivity contribution in [2.45, 2.75) is 6.04 Å². The van der Waals surface area contributed by atoms with Crippen LogP contribution in [0.3, 0.4) is 0 Å². The number of guanidine groups is 1. The quantitative estimate of drug-likeness (QED) is 0.710. The van der Waals surface area contributed by atoms with Crippen molar-refractivity contribution in [2.75, 3.05) is 6.54 Å². The van der Waals surface area contributed by atoms with Crippen LogP contribution in [0, 0.1) is 0 Å². The van der Waals surface area contributed by atoms with Gasteiger partial charge in [0.15, 0.2) is 5.96 Å². The molecule has 2 rings (SSSR count). The number of rotatable bonds is 1. The molecule has 0 radical (unpaired) electrons. The van der Waals surface area contributed by atoms with E-state index in [1.54, 1.807) is 0 Å². The van der Waals surface area contributed by atoms with E-state index in [4.69, 9.17) is 17.3 Å². The van der Waals surface area contributed by atoms with Crippen molar-refractivity contribution < 1.29 is 0 Å². The van der Waals surface area contributed by atoms with Gasteiger partial charge in [-0.1, -0.05) is 29.8 Å². The summed E-state index contributed by atoms with van der Waals surface area (Å²) in [6, 6.07) is 7.75. The minimum atomic E-state index is 0.0636. The summed E-state index contributed by atoms with van der Waals surface area (Å²) >= 11 is 6.01. The molecule has 3 N–H and O–H groups in total. The fourth-order valence-electron chi connectivity index (χ4n) is 1.39. The summed E-state index contributed by atoms with van der Waals surface area (Å²) in [5, 5.41) is 3.71. The van der Waals surface area contributed by atoms with Crippen molar-refractivity contribution in [1.82, 2.24) is 5.32 Å². The van der Waals surface area contributed by atoms with Crippen LogP contribution in [-0.2, 0) is 0 Å². The minimum absolute atomic E-state index is 0.0636. The van der Waals surface area contributed by atoms with E-state index >= 15 is 0 Å². The Morgan fingerprint density at radius 3 is 2.85 bits per heavy atom. The van der Waals surface area contributed by atoms with Gasteiger partial charge in [0.2, 0.25) is 0 Å². The number of nitrogens with one attached hydrogen (secondary N) is 1. The molecule has 3 nitrogen and oxygen atoms in total. The van der Waals surface area contributed by atoms with Crippen molar-refractivity contribution >= 4 is 17.6 Å². The van der Waals surface area contributed by atoms with Crippen LogP contribution in [0.25, 0.3) is 0 Å². The Morgan fingerprint density at radius 2 is 2.23 bits per heavy atom. The molecule has 0 bridgehead atoms. The second kappa shape index (κ2) is 3.26. The molecule has 0 unspecified atom stereocenters. The number of nitrogens with zero attached hydrogens (tertiary/aromatic N) is 1. The summed E-state index contributed by atoms with van der Waals surface area (Å²) in [5.74, 6) is 0.491. The molecule has 0 spiro atoms. The minimum Gasteiger partial charge on any atom is -0.370 e. The Labute approximate surface area is 81.6 Å². The topological polar surface area (TPSA) is 50.4 Å². The summed E-state index contributed by atoms with van der Waals surface area (Å²) in [5.41, 5.74) is 6.53. The van der Waals surface area contributed by atoms with Gasteiger partial charge >= 0.3 is 0 Å². The van der Waals surface area contributed by atoms with Gasteiger partial charge in [0.1, 0.15) is 0 Å². The van der Waals surface area contributed by atoms with Gasteiger partial charge in [-0.25, -0.2) is 4.99 Å². The molecule has 4 heteroatoms. The van der Waals surface area contributed by atoms with Crippen LogP contribution in [0.1, 0.15) is 11.6 Å². The number of nitrogens with two attached hydrogens (primary N) is 1. The van der Waals surface area contributed by atoms with E-state index in [0.29, 0.717) is 5.96 Å². The first-order valence-electron chi connectivity index (χ1n) is 4.09. The maximum atomic E-state index is 6.01. The number of hydrogen-bond acceptors (Lipinski definition) is 3. The molecule has 1 aliphatic rings. The number of halogens is 1. The van der Waals surface area contributed by atoms with Gasteiger partial charge in [-0.2, -0.15) is 0 Å². The van der Waals surface area contributed by atoms with Crippen molar-refractivity contribution in [3.63, 3.8) is 0 Å². The molecule has 0 aliphatic carbocycles. The molecule has 1 atom stereocenters. The first kappa shape index (κ1) is 8.38. The Kier molecular flexibility index (Phi) is 2.10. The Bertz CT molecular complexity index is 348. The van der Waals surface area contributed by atoms with Crippen LogP contribution in [0.5, 0.6) is 0 Å². The molecular formula is C9H10ClN3. The van der Waals surface area contributed by atoms with Gasteiger partial charge in [0, 0.05) is 11.6 Å². The number of aliphatic imine (C=N–C) groups is 1. The summed E-state index contributed by atoms with van der Waals surface area (Å²) in [7, 11) is 0. The fourth-order valence-corrected chi connectivity index (χ4v) is 1.65. The van der Waals surface area contributed by atoms with Gasteiger partial charge in [-0.15, -0.1) is 0 Å². The average Bonchev–Trinajstić information content (AvgIpc) is 2.53.